The lowest BCUT2D eigenvalue weighted by Crippen LogP contribution is -2.53. The fraction of sp³-hybridized carbons (Fsp3) is 0.522. The maximum atomic E-state index is 13.5. The Balaban J connectivity index is 1.38. The standard InChI is InChI=1S/C23H29FN4O3S/c1-26-9-7-19(8-10-26)27-13-16-11-17(15-27)22-6-5-21(23(29)28(22)14-16)25-32(30,31)20-4-2-3-18(24)12-20/h2-6,12,16-17,19,25H,7-11,13-15H2,1H3/t16-,17-/m1/s1. The maximum absolute atomic E-state index is 13.5. The van der Waals surface area contributed by atoms with Gasteiger partial charge in [0.15, 0.2) is 0 Å². The van der Waals surface area contributed by atoms with Crippen LogP contribution in [-0.4, -0.2) is 62.1 Å². The molecule has 3 aliphatic heterocycles. The van der Waals surface area contributed by atoms with E-state index in [4.69, 9.17) is 0 Å². The molecule has 2 atom stereocenters. The van der Waals surface area contributed by atoms with Crippen molar-refractivity contribution in [3.63, 3.8) is 0 Å². The van der Waals surface area contributed by atoms with Gasteiger partial charge in [0.25, 0.3) is 15.6 Å². The third-order valence-electron chi connectivity index (χ3n) is 7.19. The Morgan fingerprint density at radius 2 is 1.84 bits per heavy atom. The van der Waals surface area contributed by atoms with Crippen LogP contribution in [-0.2, 0) is 16.6 Å². The van der Waals surface area contributed by atoms with E-state index in [2.05, 4.69) is 21.6 Å². The van der Waals surface area contributed by atoms with Crippen LogP contribution in [0.15, 0.2) is 46.1 Å². The monoisotopic (exact) mass is 460 g/mol. The van der Waals surface area contributed by atoms with E-state index in [1.807, 2.05) is 6.07 Å². The summed E-state index contributed by atoms with van der Waals surface area (Å²) in [7, 11) is -1.88. The van der Waals surface area contributed by atoms with Crippen LogP contribution in [0.25, 0.3) is 0 Å². The van der Waals surface area contributed by atoms with Crippen molar-refractivity contribution in [1.82, 2.24) is 14.4 Å². The van der Waals surface area contributed by atoms with Gasteiger partial charge in [0.2, 0.25) is 0 Å². The van der Waals surface area contributed by atoms with E-state index >= 15 is 0 Å². The lowest BCUT2D eigenvalue weighted by Gasteiger charge is -2.47. The summed E-state index contributed by atoms with van der Waals surface area (Å²) < 4.78 is 43.0. The number of likely N-dealkylation sites (tertiary alicyclic amines) is 2. The Morgan fingerprint density at radius 1 is 1.06 bits per heavy atom. The lowest BCUT2D eigenvalue weighted by atomic mass is 9.82. The fourth-order valence-electron chi connectivity index (χ4n) is 5.56. The molecule has 2 bridgehead atoms. The molecule has 0 aliphatic carbocycles. The zero-order valence-corrected chi connectivity index (χ0v) is 19.0. The van der Waals surface area contributed by atoms with Crippen molar-refractivity contribution in [3.8, 4) is 0 Å². The third-order valence-corrected chi connectivity index (χ3v) is 8.55. The second-order valence-electron chi connectivity index (χ2n) is 9.44. The molecule has 32 heavy (non-hydrogen) atoms. The molecule has 0 radical (unpaired) electrons. The minimum absolute atomic E-state index is 0.00478. The van der Waals surface area contributed by atoms with E-state index in [0.717, 1.165) is 44.4 Å². The molecule has 2 aromatic rings. The Morgan fingerprint density at radius 3 is 2.59 bits per heavy atom. The molecule has 0 saturated carbocycles. The Kier molecular flexibility index (Phi) is 5.59. The quantitative estimate of drug-likeness (QED) is 0.758. The highest BCUT2D eigenvalue weighted by Crippen LogP contribution is 2.37. The molecule has 1 aromatic carbocycles. The van der Waals surface area contributed by atoms with E-state index in [-0.39, 0.29) is 22.1 Å². The first-order valence-corrected chi connectivity index (χ1v) is 12.7. The zero-order chi connectivity index (χ0) is 22.5. The average Bonchev–Trinajstić information content (AvgIpc) is 2.76. The van der Waals surface area contributed by atoms with E-state index in [0.29, 0.717) is 18.5 Å². The fourth-order valence-corrected chi connectivity index (χ4v) is 6.64. The van der Waals surface area contributed by atoms with E-state index in [1.54, 1.807) is 10.6 Å². The number of piperidine rings is 2. The molecule has 2 fully saturated rings. The van der Waals surface area contributed by atoms with Crippen molar-refractivity contribution in [2.45, 2.75) is 42.7 Å². The van der Waals surface area contributed by atoms with E-state index in [9.17, 15) is 17.6 Å². The molecule has 1 N–H and O–H groups in total. The van der Waals surface area contributed by atoms with Crippen molar-refractivity contribution >= 4 is 15.7 Å². The number of anilines is 1. The molecule has 4 heterocycles. The van der Waals surface area contributed by atoms with Gasteiger partial charge in [0.1, 0.15) is 11.5 Å². The Labute approximate surface area is 187 Å². The first-order valence-electron chi connectivity index (χ1n) is 11.2. The van der Waals surface area contributed by atoms with Crippen LogP contribution in [0.1, 0.15) is 30.9 Å². The van der Waals surface area contributed by atoms with Gasteiger partial charge in [-0.15, -0.1) is 0 Å². The normalized spacial score (nSPS) is 24.8. The van der Waals surface area contributed by atoms with Gasteiger partial charge in [-0.1, -0.05) is 6.07 Å². The van der Waals surface area contributed by atoms with Gasteiger partial charge in [0, 0.05) is 37.3 Å². The van der Waals surface area contributed by atoms with Gasteiger partial charge < -0.3 is 9.47 Å². The molecule has 172 valence electrons. The summed E-state index contributed by atoms with van der Waals surface area (Å²) in [5, 5.41) is 0. The van der Waals surface area contributed by atoms with Crippen LogP contribution < -0.4 is 10.3 Å². The molecule has 0 unspecified atom stereocenters. The number of nitrogens with one attached hydrogen (secondary N) is 1. The lowest BCUT2D eigenvalue weighted by molar-refractivity contribution is 0.0517. The van der Waals surface area contributed by atoms with Crippen molar-refractivity contribution in [1.29, 1.82) is 0 Å². The third kappa shape index (κ3) is 4.09. The average molecular weight is 461 g/mol. The van der Waals surface area contributed by atoms with Gasteiger partial charge in [-0.05, 0) is 75.6 Å². The number of fused-ring (bicyclic) bond motifs is 4. The summed E-state index contributed by atoms with van der Waals surface area (Å²) in [6.07, 6.45) is 3.43. The Bertz CT molecular complexity index is 1170. The molecule has 7 nitrogen and oxygen atoms in total. The number of halogens is 1. The maximum Gasteiger partial charge on any atom is 0.275 e. The molecule has 1 aromatic heterocycles. The second-order valence-corrected chi connectivity index (χ2v) is 11.1. The van der Waals surface area contributed by atoms with Crippen molar-refractivity contribution in [2.24, 2.45) is 5.92 Å². The summed E-state index contributed by atoms with van der Waals surface area (Å²) in [6.45, 7) is 4.78. The summed E-state index contributed by atoms with van der Waals surface area (Å²) >= 11 is 0. The molecular weight excluding hydrogens is 431 g/mol. The van der Waals surface area contributed by atoms with E-state index in [1.165, 1.54) is 31.0 Å². The van der Waals surface area contributed by atoms with Gasteiger partial charge in [-0.2, -0.15) is 0 Å². The number of sulfonamides is 1. The first kappa shape index (κ1) is 21.6. The number of benzene rings is 1. The minimum Gasteiger partial charge on any atom is -0.310 e. The van der Waals surface area contributed by atoms with Crippen LogP contribution in [0.2, 0.25) is 0 Å². The largest absolute Gasteiger partial charge is 0.310 e. The highest BCUT2D eigenvalue weighted by Gasteiger charge is 2.38. The molecule has 2 saturated heterocycles. The van der Waals surface area contributed by atoms with Crippen LogP contribution >= 0.6 is 0 Å². The molecular formula is C23H29FN4O3S. The SMILES string of the molecule is CN1CCC(N2C[C@H]3C[C@H](C2)c2ccc(NS(=O)(=O)c4cccc(F)c4)c(=O)n2C3)CC1. The highest BCUT2D eigenvalue weighted by molar-refractivity contribution is 7.92. The summed E-state index contributed by atoms with van der Waals surface area (Å²) in [5.74, 6) is 0.0226. The van der Waals surface area contributed by atoms with Gasteiger partial charge >= 0.3 is 0 Å². The minimum atomic E-state index is -4.05. The van der Waals surface area contributed by atoms with Gasteiger partial charge in [0.05, 0.1) is 4.90 Å². The van der Waals surface area contributed by atoms with Crippen LogP contribution in [0.4, 0.5) is 10.1 Å². The predicted octanol–water partition coefficient (Wildman–Crippen LogP) is 2.30. The summed E-state index contributed by atoms with van der Waals surface area (Å²) in [4.78, 5) is 18.0. The van der Waals surface area contributed by atoms with Crippen LogP contribution in [0, 0.1) is 11.7 Å². The van der Waals surface area contributed by atoms with Crippen LogP contribution in [0.5, 0.6) is 0 Å². The summed E-state index contributed by atoms with van der Waals surface area (Å²) in [5.41, 5.74) is 0.660. The molecule has 0 amide bonds. The number of pyridine rings is 1. The second kappa shape index (κ2) is 8.28. The number of aromatic nitrogens is 1. The molecule has 9 heteroatoms. The van der Waals surface area contributed by atoms with Crippen LogP contribution in [0.3, 0.4) is 0 Å². The van der Waals surface area contributed by atoms with Crippen molar-refractivity contribution in [3.05, 3.63) is 58.3 Å². The van der Waals surface area contributed by atoms with Gasteiger partial charge in [-0.25, -0.2) is 12.8 Å². The number of rotatable bonds is 4. The van der Waals surface area contributed by atoms with Gasteiger partial charge in [-0.3, -0.25) is 14.4 Å². The molecule has 0 spiro atoms. The topological polar surface area (TPSA) is 74.7 Å². The highest BCUT2D eigenvalue weighted by atomic mass is 32.2. The number of nitrogens with zero attached hydrogens (tertiary/aromatic N) is 3. The van der Waals surface area contributed by atoms with Crippen molar-refractivity contribution < 1.29 is 12.8 Å². The molecule has 5 rings (SSSR count). The zero-order valence-electron chi connectivity index (χ0n) is 18.2. The predicted molar refractivity (Wildman–Crippen MR) is 121 cm³/mol. The first-order chi connectivity index (χ1) is 15.3. The number of hydrogen-bond donors (Lipinski definition) is 1. The molecule has 3 aliphatic rings. The smallest absolute Gasteiger partial charge is 0.275 e. The number of hydrogen-bond acceptors (Lipinski definition) is 5. The summed E-state index contributed by atoms with van der Waals surface area (Å²) in [6, 6.07) is 8.81. The van der Waals surface area contributed by atoms with E-state index < -0.39 is 15.8 Å². The van der Waals surface area contributed by atoms with Crippen molar-refractivity contribution in [2.75, 3.05) is 37.9 Å². The Hall–Kier alpha value is -2.23.